The van der Waals surface area contributed by atoms with E-state index in [0.717, 1.165) is 122 Å². The van der Waals surface area contributed by atoms with Crippen LogP contribution in [0.3, 0.4) is 0 Å². The third kappa shape index (κ3) is 48.0. The number of hydrogen-bond donors (Lipinski definition) is 3. The van der Waals surface area contributed by atoms with Crippen LogP contribution < -0.4 is 0 Å². The summed E-state index contributed by atoms with van der Waals surface area (Å²) in [5.41, 5.74) is 0. The zero-order valence-corrected chi connectivity index (χ0v) is 52.9. The quantitative estimate of drug-likeness (QED) is 0.0228. The summed E-state index contributed by atoms with van der Waals surface area (Å²) in [4.78, 5) is 51.4. The number of carbonyl (C=O) groups excluding carboxylic acids is 3. The summed E-state index contributed by atoms with van der Waals surface area (Å²) in [5.74, 6) is -3.13. The summed E-state index contributed by atoms with van der Waals surface area (Å²) in [7, 11) is 0. The van der Waals surface area contributed by atoms with E-state index in [4.69, 9.17) is 23.7 Å². The molecule has 0 amide bonds. The van der Waals surface area contributed by atoms with Crippen molar-refractivity contribution in [3.05, 3.63) is 72.9 Å². The lowest BCUT2D eigenvalue weighted by Crippen LogP contribution is -2.61. The fourth-order valence-corrected chi connectivity index (χ4v) is 10.1. The lowest BCUT2D eigenvalue weighted by atomic mass is 9.98. The van der Waals surface area contributed by atoms with Crippen LogP contribution in [0.15, 0.2) is 72.9 Å². The molecule has 1 rings (SSSR count). The normalized spacial score (nSPS) is 18.0. The van der Waals surface area contributed by atoms with Gasteiger partial charge < -0.3 is 39.0 Å². The molecule has 6 atom stereocenters. The Hall–Kier alpha value is -3.84. The number of allylic oxidation sites excluding steroid dienone is 12. The van der Waals surface area contributed by atoms with Gasteiger partial charge in [-0.2, -0.15) is 0 Å². The summed E-state index contributed by atoms with van der Waals surface area (Å²) in [6.07, 6.45) is 62.8. The zero-order chi connectivity index (χ0) is 60.3. The van der Waals surface area contributed by atoms with Crippen LogP contribution >= 0.6 is 0 Å². The number of aliphatic hydroxyl groups is 2. The number of rotatable bonds is 58. The molecule has 83 heavy (non-hydrogen) atoms. The van der Waals surface area contributed by atoms with Gasteiger partial charge in [0.15, 0.2) is 24.6 Å². The molecule has 0 aromatic carbocycles. The molecule has 0 spiro atoms. The number of unbranched alkanes of at least 4 members (excludes halogenated alkanes) is 32. The molecule has 1 aliphatic heterocycles. The predicted molar refractivity (Wildman–Crippen MR) is 340 cm³/mol. The van der Waals surface area contributed by atoms with Crippen molar-refractivity contribution in [1.82, 2.24) is 0 Å². The zero-order valence-electron chi connectivity index (χ0n) is 52.9. The lowest BCUT2D eigenvalue weighted by molar-refractivity contribution is -0.301. The Morgan fingerprint density at radius 1 is 0.410 bits per heavy atom. The van der Waals surface area contributed by atoms with E-state index in [1.807, 2.05) is 0 Å². The highest BCUT2D eigenvalue weighted by atomic mass is 16.7. The Labute approximate surface area is 506 Å². The van der Waals surface area contributed by atoms with Gasteiger partial charge in [-0.3, -0.25) is 14.4 Å². The largest absolute Gasteiger partial charge is 0.479 e. The molecule has 6 unspecified atom stereocenters. The Kier molecular flexibility index (Phi) is 54.4. The Morgan fingerprint density at radius 3 is 1.17 bits per heavy atom. The number of hydrogen-bond acceptors (Lipinski definition) is 11. The van der Waals surface area contributed by atoms with Crippen molar-refractivity contribution in [2.75, 3.05) is 13.2 Å². The topological polar surface area (TPSA) is 175 Å². The third-order valence-corrected chi connectivity index (χ3v) is 15.2. The first-order valence-electron chi connectivity index (χ1n) is 33.9. The summed E-state index contributed by atoms with van der Waals surface area (Å²) in [6.45, 7) is 5.90. The monoisotopic (exact) mass is 1170 g/mol. The summed E-state index contributed by atoms with van der Waals surface area (Å²) < 4.78 is 28.6. The number of esters is 3. The third-order valence-electron chi connectivity index (χ3n) is 15.2. The van der Waals surface area contributed by atoms with Crippen molar-refractivity contribution in [2.45, 2.75) is 340 Å². The van der Waals surface area contributed by atoms with Crippen molar-refractivity contribution >= 4 is 23.9 Å². The Balaban J connectivity index is 2.66. The molecule has 1 heterocycles. The van der Waals surface area contributed by atoms with Crippen LogP contribution in [0, 0.1) is 0 Å². The van der Waals surface area contributed by atoms with E-state index in [1.165, 1.54) is 122 Å². The highest BCUT2D eigenvalue weighted by Crippen LogP contribution is 2.27. The summed E-state index contributed by atoms with van der Waals surface area (Å²) >= 11 is 0. The van der Waals surface area contributed by atoms with Crippen molar-refractivity contribution in [2.24, 2.45) is 0 Å². The highest BCUT2D eigenvalue weighted by Gasteiger charge is 2.50. The molecule has 0 aromatic heterocycles. The molecule has 1 saturated heterocycles. The summed E-state index contributed by atoms with van der Waals surface area (Å²) in [5, 5.41) is 31.6. The number of aliphatic carboxylic acids is 1. The number of aliphatic hydroxyl groups excluding tert-OH is 2. The number of carbonyl (C=O) groups is 4. The van der Waals surface area contributed by atoms with Crippen LogP contribution in [0.4, 0.5) is 0 Å². The van der Waals surface area contributed by atoms with E-state index in [2.05, 4.69) is 93.7 Å². The summed E-state index contributed by atoms with van der Waals surface area (Å²) in [6, 6.07) is 0. The molecular formula is C71H122O12. The molecule has 0 aliphatic carbocycles. The van der Waals surface area contributed by atoms with Gasteiger partial charge in [0.05, 0.1) is 6.61 Å². The number of carboxylic acids is 1. The highest BCUT2D eigenvalue weighted by molar-refractivity contribution is 5.74. The number of carboxylic acid groups (broad SMARTS) is 1. The molecule has 0 aromatic rings. The lowest BCUT2D eigenvalue weighted by Gasteiger charge is -2.40. The first-order valence-corrected chi connectivity index (χ1v) is 33.9. The maximum atomic E-state index is 13.2. The SMILES string of the molecule is CC/C=C\C/C=C\C/C=C\C/C=C\CCCCCCCCC(=O)OC1C(OCC(COC(=O)CCCCCCCCC/C=C\CCCCCCCC)OC(=O)CCCCCCCCC/C=C\CCCCCCCC)OC(C(=O)O)C(O)C1O. The minimum absolute atomic E-state index is 0.0425. The average Bonchev–Trinajstić information content (AvgIpc) is 3.55. The molecule has 478 valence electrons. The predicted octanol–water partition coefficient (Wildman–Crippen LogP) is 18.5. The minimum Gasteiger partial charge on any atom is -0.479 e. The van der Waals surface area contributed by atoms with Gasteiger partial charge in [0, 0.05) is 19.3 Å². The number of ether oxygens (including phenoxy) is 5. The molecular weight excluding hydrogens is 1040 g/mol. The van der Waals surface area contributed by atoms with Crippen LogP contribution in [0.1, 0.15) is 303 Å². The van der Waals surface area contributed by atoms with E-state index in [9.17, 15) is 34.5 Å². The Bertz CT molecular complexity index is 1720. The molecule has 12 heteroatoms. The van der Waals surface area contributed by atoms with Crippen LogP contribution in [0.25, 0.3) is 0 Å². The fraction of sp³-hybridized carbons (Fsp3) is 0.775. The smallest absolute Gasteiger partial charge is 0.335 e. The van der Waals surface area contributed by atoms with E-state index in [1.54, 1.807) is 0 Å². The Morgan fingerprint density at radius 2 is 0.759 bits per heavy atom. The van der Waals surface area contributed by atoms with E-state index >= 15 is 0 Å². The second kappa shape index (κ2) is 58.5. The maximum Gasteiger partial charge on any atom is 0.335 e. The maximum absolute atomic E-state index is 13.2. The average molecular weight is 1170 g/mol. The second-order valence-electron chi connectivity index (χ2n) is 23.1. The molecule has 3 N–H and O–H groups in total. The van der Waals surface area contributed by atoms with E-state index in [0.29, 0.717) is 19.3 Å². The van der Waals surface area contributed by atoms with Crippen molar-refractivity contribution in [3.8, 4) is 0 Å². The standard InChI is InChI=1S/C71H122O12/c1-4-7-10-13-16-19-22-25-28-31-32-35-38-41-44-47-50-53-56-59-65(74)82-69-67(76)66(75)68(70(77)78)83-71(69)80-61-62(81-64(73)58-55-52-49-46-43-40-37-34-30-27-24-21-18-15-12-9-6-3)60-79-63(72)57-54-51-48-45-42-39-36-33-29-26-23-20-17-14-11-8-5-2/h7,10,16,19,25-30,32,35,62,66-69,71,75-76H,4-6,8-9,11-15,17-18,20-24,31,33-34,36-61H2,1-3H3,(H,77,78)/b10-7-,19-16-,28-25-,29-26-,30-27-,35-32-. The molecule has 12 nitrogen and oxygen atoms in total. The van der Waals surface area contributed by atoms with Gasteiger partial charge in [-0.25, -0.2) is 4.79 Å². The van der Waals surface area contributed by atoms with Gasteiger partial charge in [0.1, 0.15) is 18.8 Å². The van der Waals surface area contributed by atoms with Crippen molar-refractivity contribution < 1.29 is 58.2 Å². The molecule has 1 aliphatic rings. The second-order valence-corrected chi connectivity index (χ2v) is 23.1. The van der Waals surface area contributed by atoms with Crippen LogP contribution in [-0.4, -0.2) is 89.2 Å². The fourth-order valence-electron chi connectivity index (χ4n) is 10.1. The molecule has 0 bridgehead atoms. The van der Waals surface area contributed by atoms with Gasteiger partial charge in [-0.05, 0) is 109 Å². The van der Waals surface area contributed by atoms with Crippen LogP contribution in [-0.2, 0) is 42.9 Å². The van der Waals surface area contributed by atoms with Crippen LogP contribution in [0.2, 0.25) is 0 Å². The van der Waals surface area contributed by atoms with Crippen molar-refractivity contribution in [3.63, 3.8) is 0 Å². The van der Waals surface area contributed by atoms with Gasteiger partial charge in [-0.15, -0.1) is 0 Å². The van der Waals surface area contributed by atoms with E-state index in [-0.39, 0.29) is 25.9 Å². The van der Waals surface area contributed by atoms with Gasteiger partial charge in [-0.1, -0.05) is 248 Å². The van der Waals surface area contributed by atoms with Gasteiger partial charge >= 0.3 is 23.9 Å². The molecule has 0 saturated carbocycles. The minimum atomic E-state index is -1.91. The van der Waals surface area contributed by atoms with Gasteiger partial charge in [0.25, 0.3) is 0 Å². The van der Waals surface area contributed by atoms with E-state index < -0.39 is 67.3 Å². The first kappa shape index (κ1) is 77.2. The van der Waals surface area contributed by atoms with Crippen LogP contribution in [0.5, 0.6) is 0 Å². The molecule has 0 radical (unpaired) electrons. The van der Waals surface area contributed by atoms with Crippen molar-refractivity contribution in [1.29, 1.82) is 0 Å². The first-order chi connectivity index (χ1) is 40.6. The van der Waals surface area contributed by atoms with Gasteiger partial charge in [0.2, 0.25) is 0 Å². The molecule has 1 fully saturated rings.